The number of methoxy groups -OCH3 is 1. The number of carbonyl (C=O) groups excluding carboxylic acids is 1. The maximum Gasteiger partial charge on any atom is 0.267 e. The van der Waals surface area contributed by atoms with Crippen molar-refractivity contribution in [2.45, 2.75) is 0 Å². The van der Waals surface area contributed by atoms with Crippen molar-refractivity contribution in [1.29, 1.82) is 0 Å². The molecule has 0 bridgehead atoms. The van der Waals surface area contributed by atoms with E-state index in [0.717, 1.165) is 11.3 Å². The minimum atomic E-state index is -0.573. The summed E-state index contributed by atoms with van der Waals surface area (Å²) >= 11 is 0. The van der Waals surface area contributed by atoms with Crippen LogP contribution in [-0.4, -0.2) is 23.0 Å². The number of primary amides is 1. The van der Waals surface area contributed by atoms with Gasteiger partial charge < -0.3 is 10.5 Å². The fraction of sp³-hybridized carbons (Fsp3) is 0.0833. The van der Waals surface area contributed by atoms with Crippen molar-refractivity contribution in [3.8, 4) is 17.0 Å². The number of aromatic nitrogens is 2. The van der Waals surface area contributed by atoms with Gasteiger partial charge in [-0.3, -0.25) is 4.79 Å². The molecule has 0 fully saturated rings. The SMILES string of the molecule is COc1cccc(-c2cc(C(N)=O)ncn2)c1.Cl. The Morgan fingerprint density at radius 1 is 1.28 bits per heavy atom. The molecule has 18 heavy (non-hydrogen) atoms. The third-order valence-electron chi connectivity index (χ3n) is 2.29. The summed E-state index contributed by atoms with van der Waals surface area (Å²) in [5, 5.41) is 0. The standard InChI is InChI=1S/C12H11N3O2.ClH/c1-17-9-4-2-3-8(5-9)10-6-11(12(13)16)15-7-14-10;/h2-7H,1H3,(H2,13,16);1H. The highest BCUT2D eigenvalue weighted by Crippen LogP contribution is 2.21. The van der Waals surface area contributed by atoms with Crippen molar-refractivity contribution >= 4 is 18.3 Å². The summed E-state index contributed by atoms with van der Waals surface area (Å²) in [6.07, 6.45) is 1.31. The van der Waals surface area contributed by atoms with E-state index in [1.807, 2.05) is 24.3 Å². The maximum absolute atomic E-state index is 11.0. The molecule has 0 aliphatic rings. The normalized spacial score (nSPS) is 9.39. The Labute approximate surface area is 110 Å². The molecule has 0 spiro atoms. The lowest BCUT2D eigenvalue weighted by Crippen LogP contribution is -2.13. The highest BCUT2D eigenvalue weighted by atomic mass is 35.5. The fourth-order valence-corrected chi connectivity index (χ4v) is 1.43. The summed E-state index contributed by atoms with van der Waals surface area (Å²) in [6.45, 7) is 0. The second kappa shape index (κ2) is 5.97. The number of carbonyl (C=O) groups is 1. The van der Waals surface area contributed by atoms with E-state index in [0.29, 0.717) is 5.69 Å². The molecule has 2 rings (SSSR count). The number of halogens is 1. The first kappa shape index (κ1) is 13.9. The minimum absolute atomic E-state index is 0. The number of hydrogen-bond donors (Lipinski definition) is 1. The lowest BCUT2D eigenvalue weighted by molar-refractivity contribution is 0.0995. The van der Waals surface area contributed by atoms with Gasteiger partial charge in [0.2, 0.25) is 0 Å². The first-order valence-corrected chi connectivity index (χ1v) is 4.97. The smallest absolute Gasteiger partial charge is 0.267 e. The molecule has 5 nitrogen and oxygen atoms in total. The van der Waals surface area contributed by atoms with Crippen LogP contribution in [0.15, 0.2) is 36.7 Å². The lowest BCUT2D eigenvalue weighted by Gasteiger charge is -2.04. The molecule has 0 aliphatic heterocycles. The molecule has 1 aromatic heterocycles. The van der Waals surface area contributed by atoms with Gasteiger partial charge in [-0.1, -0.05) is 12.1 Å². The van der Waals surface area contributed by atoms with Crippen LogP contribution in [0.2, 0.25) is 0 Å². The first-order chi connectivity index (χ1) is 8.20. The van der Waals surface area contributed by atoms with Crippen LogP contribution >= 0.6 is 12.4 Å². The lowest BCUT2D eigenvalue weighted by atomic mass is 10.1. The summed E-state index contributed by atoms with van der Waals surface area (Å²) in [5.74, 6) is 0.151. The van der Waals surface area contributed by atoms with Gasteiger partial charge in [0.25, 0.3) is 5.91 Å². The van der Waals surface area contributed by atoms with Crippen molar-refractivity contribution in [3.63, 3.8) is 0 Å². The van der Waals surface area contributed by atoms with Gasteiger partial charge in [-0.15, -0.1) is 12.4 Å². The Kier molecular flexibility index (Phi) is 4.62. The molecule has 6 heteroatoms. The maximum atomic E-state index is 11.0. The van der Waals surface area contributed by atoms with Gasteiger partial charge in [0.05, 0.1) is 12.8 Å². The average Bonchev–Trinajstić information content (AvgIpc) is 2.39. The summed E-state index contributed by atoms with van der Waals surface area (Å²) in [5.41, 5.74) is 6.83. The highest BCUT2D eigenvalue weighted by Gasteiger charge is 2.06. The van der Waals surface area contributed by atoms with Crippen molar-refractivity contribution in [2.24, 2.45) is 5.73 Å². The van der Waals surface area contributed by atoms with Crippen molar-refractivity contribution in [2.75, 3.05) is 7.11 Å². The number of rotatable bonds is 3. The molecule has 0 unspecified atom stereocenters. The number of hydrogen-bond acceptors (Lipinski definition) is 4. The largest absolute Gasteiger partial charge is 0.497 e. The van der Waals surface area contributed by atoms with Crippen LogP contribution in [0.4, 0.5) is 0 Å². The Hall–Kier alpha value is -2.14. The molecule has 0 saturated heterocycles. The second-order valence-electron chi connectivity index (χ2n) is 3.38. The number of nitrogens with two attached hydrogens (primary N) is 1. The summed E-state index contributed by atoms with van der Waals surface area (Å²) in [4.78, 5) is 18.9. The third-order valence-corrected chi connectivity index (χ3v) is 2.29. The number of amides is 1. The van der Waals surface area contributed by atoms with E-state index in [1.165, 1.54) is 6.33 Å². The summed E-state index contributed by atoms with van der Waals surface area (Å²) < 4.78 is 5.12. The van der Waals surface area contributed by atoms with Gasteiger partial charge in [-0.05, 0) is 18.2 Å². The Balaban J connectivity index is 0.00000162. The van der Waals surface area contributed by atoms with E-state index in [1.54, 1.807) is 13.2 Å². The Morgan fingerprint density at radius 3 is 2.72 bits per heavy atom. The van der Waals surface area contributed by atoms with E-state index in [2.05, 4.69) is 9.97 Å². The second-order valence-corrected chi connectivity index (χ2v) is 3.38. The van der Waals surface area contributed by atoms with Crippen LogP contribution in [0.25, 0.3) is 11.3 Å². The summed E-state index contributed by atoms with van der Waals surface area (Å²) in [6, 6.07) is 8.93. The number of benzene rings is 1. The van der Waals surface area contributed by atoms with Crippen LogP contribution < -0.4 is 10.5 Å². The zero-order valence-corrected chi connectivity index (χ0v) is 10.5. The third kappa shape index (κ3) is 2.95. The molecule has 94 valence electrons. The van der Waals surface area contributed by atoms with E-state index < -0.39 is 5.91 Å². The van der Waals surface area contributed by atoms with Crippen LogP contribution in [0.1, 0.15) is 10.5 Å². The zero-order valence-electron chi connectivity index (χ0n) is 9.66. The van der Waals surface area contributed by atoms with E-state index >= 15 is 0 Å². The molecule has 0 atom stereocenters. The molecule has 2 N–H and O–H groups in total. The molecule has 1 amide bonds. The molecule has 0 saturated carbocycles. The van der Waals surface area contributed by atoms with Crippen molar-refractivity contribution in [3.05, 3.63) is 42.4 Å². The highest BCUT2D eigenvalue weighted by molar-refractivity contribution is 5.91. The van der Waals surface area contributed by atoms with Gasteiger partial charge >= 0.3 is 0 Å². The molecule has 0 aliphatic carbocycles. The predicted octanol–water partition coefficient (Wildman–Crippen LogP) is 1.67. The van der Waals surface area contributed by atoms with E-state index in [4.69, 9.17) is 10.5 Å². The predicted molar refractivity (Wildman–Crippen MR) is 69.8 cm³/mol. The van der Waals surface area contributed by atoms with Gasteiger partial charge in [0, 0.05) is 5.56 Å². The average molecular weight is 266 g/mol. The molecule has 1 heterocycles. The van der Waals surface area contributed by atoms with Crippen LogP contribution in [0, 0.1) is 0 Å². The fourth-order valence-electron chi connectivity index (χ4n) is 1.43. The van der Waals surface area contributed by atoms with E-state index in [9.17, 15) is 4.79 Å². The van der Waals surface area contributed by atoms with Crippen molar-refractivity contribution < 1.29 is 9.53 Å². The Morgan fingerprint density at radius 2 is 2.06 bits per heavy atom. The van der Waals surface area contributed by atoms with Gasteiger partial charge in [-0.2, -0.15) is 0 Å². The van der Waals surface area contributed by atoms with E-state index in [-0.39, 0.29) is 18.1 Å². The molecule has 1 aromatic carbocycles. The number of ether oxygens (including phenoxy) is 1. The topological polar surface area (TPSA) is 78.1 Å². The molecule has 0 radical (unpaired) electrons. The monoisotopic (exact) mass is 265 g/mol. The molecule has 2 aromatic rings. The van der Waals surface area contributed by atoms with Gasteiger partial charge in [0.1, 0.15) is 17.8 Å². The molecular weight excluding hydrogens is 254 g/mol. The minimum Gasteiger partial charge on any atom is -0.497 e. The summed E-state index contributed by atoms with van der Waals surface area (Å²) in [7, 11) is 1.59. The first-order valence-electron chi connectivity index (χ1n) is 4.97. The van der Waals surface area contributed by atoms with Crippen LogP contribution in [-0.2, 0) is 0 Å². The quantitative estimate of drug-likeness (QED) is 0.916. The Bertz CT molecular complexity index is 561. The van der Waals surface area contributed by atoms with Gasteiger partial charge in [-0.25, -0.2) is 9.97 Å². The van der Waals surface area contributed by atoms with Crippen LogP contribution in [0.5, 0.6) is 5.75 Å². The van der Waals surface area contributed by atoms with Crippen molar-refractivity contribution in [1.82, 2.24) is 9.97 Å². The van der Waals surface area contributed by atoms with Gasteiger partial charge in [0.15, 0.2) is 0 Å². The van der Waals surface area contributed by atoms with Crippen LogP contribution in [0.3, 0.4) is 0 Å². The molecular formula is C12H12ClN3O2. The number of nitrogens with zero attached hydrogens (tertiary/aromatic N) is 2. The zero-order chi connectivity index (χ0) is 12.3.